The molecule has 5 rings (SSSR count). The Morgan fingerprint density at radius 3 is 2.80 bits per heavy atom. The first kappa shape index (κ1) is 18.9. The lowest BCUT2D eigenvalue weighted by Crippen LogP contribution is -2.51. The summed E-state index contributed by atoms with van der Waals surface area (Å²) in [6.45, 7) is 3.94. The first-order chi connectivity index (χ1) is 14.6. The molecule has 30 heavy (non-hydrogen) atoms. The molecular weight excluding hydrogens is 382 g/mol. The van der Waals surface area contributed by atoms with Gasteiger partial charge in [0.05, 0.1) is 17.4 Å². The topological polar surface area (TPSA) is 71.1 Å². The van der Waals surface area contributed by atoms with E-state index in [0.29, 0.717) is 18.9 Å². The Bertz CT molecular complexity index is 992. The van der Waals surface area contributed by atoms with Crippen LogP contribution in [0.5, 0.6) is 11.5 Å². The summed E-state index contributed by atoms with van der Waals surface area (Å²) in [6.07, 6.45) is 2.00. The number of nitrogens with zero attached hydrogens (tertiary/aromatic N) is 2. The summed E-state index contributed by atoms with van der Waals surface area (Å²) in [7, 11) is 0. The van der Waals surface area contributed by atoms with Gasteiger partial charge < -0.3 is 14.8 Å². The Hall–Kier alpha value is -3.06. The third-order valence-corrected chi connectivity index (χ3v) is 6.14. The Labute approximate surface area is 175 Å². The number of rotatable bonds is 3. The summed E-state index contributed by atoms with van der Waals surface area (Å²) in [5.41, 5.74) is 2.57. The van der Waals surface area contributed by atoms with Gasteiger partial charge in [-0.15, -0.1) is 0 Å². The van der Waals surface area contributed by atoms with Gasteiger partial charge in [-0.2, -0.15) is 0 Å². The number of likely N-dealkylation sites (tertiary alicyclic amines) is 1. The summed E-state index contributed by atoms with van der Waals surface area (Å²) in [6, 6.07) is 13.3. The number of ether oxygens (including phenoxy) is 2. The van der Waals surface area contributed by atoms with Crippen LogP contribution in [0, 0.1) is 0 Å². The van der Waals surface area contributed by atoms with Crippen molar-refractivity contribution >= 4 is 23.2 Å². The van der Waals surface area contributed by atoms with E-state index in [1.807, 2.05) is 43.3 Å². The van der Waals surface area contributed by atoms with Crippen LogP contribution < -0.4 is 19.7 Å². The van der Waals surface area contributed by atoms with Crippen molar-refractivity contribution < 1.29 is 19.1 Å². The smallest absolute Gasteiger partial charge is 0.244 e. The van der Waals surface area contributed by atoms with E-state index in [4.69, 9.17) is 9.47 Å². The number of amides is 2. The maximum absolute atomic E-state index is 13.5. The van der Waals surface area contributed by atoms with Crippen LogP contribution in [0.25, 0.3) is 0 Å². The van der Waals surface area contributed by atoms with Gasteiger partial charge in [0.25, 0.3) is 0 Å². The van der Waals surface area contributed by atoms with Crippen LogP contribution in [0.1, 0.15) is 31.4 Å². The maximum atomic E-state index is 13.5. The number of hydrogen-bond acceptors (Lipinski definition) is 5. The number of carbonyl (C=O) groups is 2. The van der Waals surface area contributed by atoms with Crippen molar-refractivity contribution in [3.63, 3.8) is 0 Å². The lowest BCUT2D eigenvalue weighted by molar-refractivity contribution is -0.125. The number of hydrogen-bond donors (Lipinski definition) is 1. The van der Waals surface area contributed by atoms with E-state index in [0.717, 1.165) is 42.1 Å². The van der Waals surface area contributed by atoms with Crippen LogP contribution in [0.2, 0.25) is 0 Å². The van der Waals surface area contributed by atoms with Crippen LogP contribution in [-0.4, -0.2) is 49.1 Å². The summed E-state index contributed by atoms with van der Waals surface area (Å²) >= 11 is 0. The van der Waals surface area contributed by atoms with E-state index in [-0.39, 0.29) is 30.4 Å². The van der Waals surface area contributed by atoms with E-state index >= 15 is 0 Å². The molecule has 3 aliphatic rings. The molecule has 2 amide bonds. The largest absolute Gasteiger partial charge is 0.486 e. The first-order valence-electron chi connectivity index (χ1n) is 10.5. The van der Waals surface area contributed by atoms with Gasteiger partial charge in [0.15, 0.2) is 11.5 Å². The zero-order valence-electron chi connectivity index (χ0n) is 17.0. The zero-order chi connectivity index (χ0) is 20.7. The van der Waals surface area contributed by atoms with Crippen molar-refractivity contribution in [3.05, 3.63) is 48.0 Å². The average molecular weight is 407 g/mol. The Balaban J connectivity index is 1.40. The molecule has 7 nitrogen and oxygen atoms in total. The minimum Gasteiger partial charge on any atom is -0.486 e. The minimum absolute atomic E-state index is 0.0444. The lowest BCUT2D eigenvalue weighted by atomic mass is 10.0. The number of carbonyl (C=O) groups excluding carboxylic acids is 2. The second-order valence-electron chi connectivity index (χ2n) is 7.96. The highest BCUT2D eigenvalue weighted by Gasteiger charge is 2.37. The van der Waals surface area contributed by atoms with Crippen molar-refractivity contribution in [3.8, 4) is 11.5 Å². The number of para-hydroxylation sites is 2. The van der Waals surface area contributed by atoms with Crippen LogP contribution in [0.4, 0.5) is 11.4 Å². The molecule has 2 atom stereocenters. The molecule has 1 fully saturated rings. The number of benzene rings is 2. The van der Waals surface area contributed by atoms with Crippen LogP contribution in [0.3, 0.4) is 0 Å². The van der Waals surface area contributed by atoms with Crippen LogP contribution in [-0.2, 0) is 9.59 Å². The summed E-state index contributed by atoms with van der Waals surface area (Å²) in [5.74, 6) is 1.32. The molecule has 0 saturated carbocycles. The molecule has 1 saturated heterocycles. The van der Waals surface area contributed by atoms with Gasteiger partial charge in [0, 0.05) is 6.04 Å². The minimum atomic E-state index is -0.343. The van der Waals surface area contributed by atoms with E-state index in [1.54, 1.807) is 4.90 Å². The molecule has 0 spiro atoms. The number of nitrogens with one attached hydrogen (secondary N) is 1. The summed E-state index contributed by atoms with van der Waals surface area (Å²) < 4.78 is 11.4. The van der Waals surface area contributed by atoms with E-state index in [1.165, 1.54) is 0 Å². The highest BCUT2D eigenvalue weighted by atomic mass is 16.6. The normalized spacial score (nSPS) is 21.7. The fraction of sp³-hybridized carbons (Fsp3) is 0.391. The van der Waals surface area contributed by atoms with Gasteiger partial charge in [-0.25, -0.2) is 0 Å². The quantitative estimate of drug-likeness (QED) is 0.847. The van der Waals surface area contributed by atoms with Crippen molar-refractivity contribution in [1.29, 1.82) is 0 Å². The number of fused-ring (bicyclic) bond motifs is 2. The molecule has 2 unspecified atom stereocenters. The van der Waals surface area contributed by atoms with E-state index in [9.17, 15) is 9.59 Å². The highest BCUT2D eigenvalue weighted by Crippen LogP contribution is 2.39. The molecule has 0 bridgehead atoms. The van der Waals surface area contributed by atoms with E-state index in [2.05, 4.69) is 16.3 Å². The predicted molar refractivity (Wildman–Crippen MR) is 113 cm³/mol. The monoisotopic (exact) mass is 407 g/mol. The van der Waals surface area contributed by atoms with Crippen LogP contribution in [0.15, 0.2) is 42.5 Å². The second kappa shape index (κ2) is 7.65. The molecule has 3 aliphatic heterocycles. The molecule has 0 aromatic heterocycles. The molecule has 0 radical (unpaired) electrons. The molecule has 1 N–H and O–H groups in total. The lowest BCUT2D eigenvalue weighted by Gasteiger charge is -2.36. The third-order valence-electron chi connectivity index (χ3n) is 6.14. The van der Waals surface area contributed by atoms with Gasteiger partial charge in [0.2, 0.25) is 11.8 Å². The van der Waals surface area contributed by atoms with Gasteiger partial charge in [0.1, 0.15) is 19.8 Å². The van der Waals surface area contributed by atoms with Gasteiger partial charge in [-0.05, 0) is 56.1 Å². The maximum Gasteiger partial charge on any atom is 0.244 e. The SMILES string of the molecule is CC(C(=O)N1CC(=O)Nc2ccccc21)N1CCCC1c1ccc2c(c1)OCCO2. The van der Waals surface area contributed by atoms with Crippen molar-refractivity contribution in [2.24, 2.45) is 0 Å². The molecular formula is C23H25N3O4. The van der Waals surface area contributed by atoms with E-state index < -0.39 is 0 Å². The first-order valence-corrected chi connectivity index (χ1v) is 10.5. The van der Waals surface area contributed by atoms with Crippen molar-refractivity contribution in [1.82, 2.24) is 4.90 Å². The Morgan fingerprint density at radius 2 is 1.93 bits per heavy atom. The molecule has 156 valence electrons. The molecule has 7 heteroatoms. The highest BCUT2D eigenvalue weighted by molar-refractivity contribution is 6.11. The van der Waals surface area contributed by atoms with Crippen molar-refractivity contribution in [2.45, 2.75) is 31.8 Å². The third kappa shape index (κ3) is 3.29. The molecule has 2 aromatic carbocycles. The average Bonchev–Trinajstić information content (AvgIpc) is 3.27. The Morgan fingerprint density at radius 1 is 1.13 bits per heavy atom. The molecule has 3 heterocycles. The number of anilines is 2. The zero-order valence-corrected chi connectivity index (χ0v) is 17.0. The fourth-order valence-corrected chi connectivity index (χ4v) is 4.68. The summed E-state index contributed by atoms with van der Waals surface area (Å²) in [4.78, 5) is 29.5. The van der Waals surface area contributed by atoms with Gasteiger partial charge >= 0.3 is 0 Å². The summed E-state index contributed by atoms with van der Waals surface area (Å²) in [5, 5.41) is 2.84. The standard InChI is InChI=1S/C23H25N3O4/c1-15(23(28)26-14-22(27)24-17-5-2-3-6-19(17)26)25-10-4-7-18(25)16-8-9-20-21(13-16)30-12-11-29-20/h2-3,5-6,8-9,13,15,18H,4,7,10-12,14H2,1H3,(H,24,27). The van der Waals surface area contributed by atoms with Gasteiger partial charge in [-0.3, -0.25) is 19.4 Å². The van der Waals surface area contributed by atoms with Gasteiger partial charge in [-0.1, -0.05) is 18.2 Å². The van der Waals surface area contributed by atoms with Crippen molar-refractivity contribution in [2.75, 3.05) is 36.5 Å². The Kier molecular flexibility index (Phi) is 4.83. The fourth-order valence-electron chi connectivity index (χ4n) is 4.68. The van der Waals surface area contributed by atoms with Crippen LogP contribution >= 0.6 is 0 Å². The second-order valence-corrected chi connectivity index (χ2v) is 7.96. The molecule has 2 aromatic rings. The molecule has 0 aliphatic carbocycles. The predicted octanol–water partition coefficient (Wildman–Crippen LogP) is 2.97.